The zero-order chi connectivity index (χ0) is 24.3. The van der Waals surface area contributed by atoms with Crippen LogP contribution in [0, 0.1) is 17.3 Å². The van der Waals surface area contributed by atoms with Gasteiger partial charge in [-0.3, -0.25) is 4.90 Å². The number of nitrogens with one attached hydrogen (secondary N) is 2. The third-order valence-corrected chi connectivity index (χ3v) is 7.44. The van der Waals surface area contributed by atoms with E-state index in [1.54, 1.807) is 0 Å². The van der Waals surface area contributed by atoms with Gasteiger partial charge in [0, 0.05) is 24.2 Å². The minimum atomic E-state index is -1.09. The third-order valence-electron chi connectivity index (χ3n) is 5.03. The molecular weight excluding hydrogens is 426 g/mol. The van der Waals surface area contributed by atoms with Crippen LogP contribution < -0.4 is 10.6 Å². The molecule has 0 spiro atoms. The van der Waals surface area contributed by atoms with Gasteiger partial charge in [-0.15, -0.1) is 0 Å². The Bertz CT molecular complexity index is 981. The Labute approximate surface area is 202 Å². The fraction of sp³-hybridized carbons (Fsp3) is 0.393. The van der Waals surface area contributed by atoms with E-state index in [4.69, 9.17) is 0 Å². The van der Waals surface area contributed by atoms with Crippen LogP contribution in [0.1, 0.15) is 33.3 Å². The van der Waals surface area contributed by atoms with Crippen LogP contribution >= 0.6 is 10.0 Å². The maximum Gasteiger partial charge on any atom is 0.319 e. The van der Waals surface area contributed by atoms with E-state index in [0.717, 1.165) is 25.3 Å². The van der Waals surface area contributed by atoms with E-state index >= 15 is 0 Å². The van der Waals surface area contributed by atoms with Crippen molar-refractivity contribution in [3.8, 4) is 11.8 Å². The monoisotopic (exact) mass is 465 g/mol. The minimum Gasteiger partial charge on any atom is -0.330 e. The van der Waals surface area contributed by atoms with E-state index in [-0.39, 0.29) is 11.4 Å². The van der Waals surface area contributed by atoms with E-state index in [2.05, 4.69) is 91.9 Å². The molecule has 0 aliphatic carbocycles. The number of allylic oxidation sites excluding steroid dienone is 1. The number of anilines is 1. The van der Waals surface area contributed by atoms with Crippen LogP contribution in [-0.2, 0) is 6.54 Å². The zero-order valence-corrected chi connectivity index (χ0v) is 21.8. The van der Waals surface area contributed by atoms with Crippen molar-refractivity contribution in [3.05, 3.63) is 72.3 Å². The number of amides is 2. The summed E-state index contributed by atoms with van der Waals surface area (Å²) in [5.41, 5.74) is 1.99. The Morgan fingerprint density at radius 1 is 1.09 bits per heavy atom. The van der Waals surface area contributed by atoms with Gasteiger partial charge in [0.25, 0.3) is 0 Å². The summed E-state index contributed by atoms with van der Waals surface area (Å²) < 4.78 is 0. The molecule has 0 unspecified atom stereocenters. The molecule has 0 saturated heterocycles. The average molecular weight is 466 g/mol. The Hall–Kier alpha value is -2.68. The van der Waals surface area contributed by atoms with Gasteiger partial charge in [0.05, 0.1) is 5.88 Å². The minimum absolute atomic E-state index is 0.0210. The van der Waals surface area contributed by atoms with Crippen molar-refractivity contribution in [2.45, 2.75) is 39.1 Å². The van der Waals surface area contributed by atoms with Crippen molar-refractivity contribution in [2.24, 2.45) is 5.41 Å². The van der Waals surface area contributed by atoms with Crippen molar-refractivity contribution in [1.82, 2.24) is 10.2 Å². The van der Waals surface area contributed by atoms with Crippen LogP contribution in [-0.4, -0.2) is 42.4 Å². The molecule has 0 fully saturated rings. The first-order valence-corrected chi connectivity index (χ1v) is 14.0. The number of carbonyl (C=O) groups is 1. The molecule has 33 heavy (non-hydrogen) atoms. The Balaban J connectivity index is 1.89. The van der Waals surface area contributed by atoms with Crippen molar-refractivity contribution in [1.29, 1.82) is 0 Å². The van der Waals surface area contributed by atoms with Gasteiger partial charge in [-0.1, -0.05) is 67.3 Å². The van der Waals surface area contributed by atoms with Gasteiger partial charge < -0.3 is 10.6 Å². The van der Waals surface area contributed by atoms with E-state index in [1.165, 1.54) is 10.5 Å². The number of nitrogens with zero attached hydrogens (tertiary/aromatic N) is 1. The SMILES string of the molecule is CCN(C/C=C/C#CC(C)(C)C)Cc1cccc(NC(=O)NCS(C)(C)c2ccccc2)c1. The van der Waals surface area contributed by atoms with Crippen molar-refractivity contribution >= 4 is 21.7 Å². The highest BCUT2D eigenvalue weighted by atomic mass is 32.3. The molecule has 2 N–H and O–H groups in total. The lowest BCUT2D eigenvalue weighted by molar-refractivity contribution is 0.253. The molecule has 5 heteroatoms. The lowest BCUT2D eigenvalue weighted by atomic mass is 9.98. The molecule has 0 bridgehead atoms. The Morgan fingerprint density at radius 2 is 1.82 bits per heavy atom. The molecule has 2 rings (SSSR count). The zero-order valence-electron chi connectivity index (χ0n) is 20.9. The summed E-state index contributed by atoms with van der Waals surface area (Å²) in [6.07, 6.45) is 8.47. The summed E-state index contributed by atoms with van der Waals surface area (Å²) in [5, 5.41) is 6.03. The molecule has 4 nitrogen and oxygen atoms in total. The molecule has 0 aromatic heterocycles. The first-order valence-electron chi connectivity index (χ1n) is 11.4. The number of carbonyl (C=O) groups excluding carboxylic acids is 1. The fourth-order valence-electron chi connectivity index (χ4n) is 3.12. The van der Waals surface area contributed by atoms with E-state index in [1.807, 2.05) is 42.5 Å². The van der Waals surface area contributed by atoms with Crippen molar-refractivity contribution in [2.75, 3.05) is 36.8 Å². The topological polar surface area (TPSA) is 44.4 Å². The number of rotatable bonds is 9. The highest BCUT2D eigenvalue weighted by Gasteiger charge is 2.15. The quantitative estimate of drug-likeness (QED) is 0.426. The smallest absolute Gasteiger partial charge is 0.319 e. The fourth-order valence-corrected chi connectivity index (χ4v) is 4.68. The molecule has 0 aliphatic heterocycles. The second-order valence-corrected chi connectivity index (χ2v) is 13.4. The summed E-state index contributed by atoms with van der Waals surface area (Å²) >= 11 is 0. The van der Waals surface area contributed by atoms with Gasteiger partial charge in [-0.05, 0) is 68.5 Å². The Kier molecular flexibility index (Phi) is 10.1. The lowest BCUT2D eigenvalue weighted by Crippen LogP contribution is -2.31. The molecule has 0 aliphatic rings. The van der Waals surface area contributed by atoms with Crippen LogP contribution in [0.25, 0.3) is 0 Å². The molecule has 0 atom stereocenters. The molecule has 2 aromatic carbocycles. The predicted octanol–water partition coefficient (Wildman–Crippen LogP) is 6.32. The van der Waals surface area contributed by atoms with Gasteiger partial charge in [0.15, 0.2) is 0 Å². The summed E-state index contributed by atoms with van der Waals surface area (Å²) in [7, 11) is -1.09. The van der Waals surface area contributed by atoms with E-state index in [9.17, 15) is 4.79 Å². The number of hydrogen-bond donors (Lipinski definition) is 2. The maximum atomic E-state index is 12.5. The molecular formula is C28H39N3OS. The molecule has 2 aromatic rings. The molecule has 0 heterocycles. The molecule has 0 saturated carbocycles. The summed E-state index contributed by atoms with van der Waals surface area (Å²) in [6, 6.07) is 18.3. The average Bonchev–Trinajstić information content (AvgIpc) is 2.77. The van der Waals surface area contributed by atoms with E-state index in [0.29, 0.717) is 5.88 Å². The van der Waals surface area contributed by atoms with Gasteiger partial charge in [-0.2, -0.15) is 0 Å². The highest BCUT2D eigenvalue weighted by Crippen LogP contribution is 2.47. The van der Waals surface area contributed by atoms with Crippen LogP contribution in [0.4, 0.5) is 10.5 Å². The number of likely N-dealkylation sites (N-methyl/N-ethyl adjacent to an activating group) is 1. The molecule has 2 amide bonds. The highest BCUT2D eigenvalue weighted by molar-refractivity contribution is 8.32. The normalized spacial score (nSPS) is 12.3. The van der Waals surface area contributed by atoms with Gasteiger partial charge in [-0.25, -0.2) is 14.8 Å². The first kappa shape index (κ1) is 26.6. The van der Waals surface area contributed by atoms with Crippen LogP contribution in [0.5, 0.6) is 0 Å². The number of benzene rings is 2. The Morgan fingerprint density at radius 3 is 2.48 bits per heavy atom. The lowest BCUT2D eigenvalue weighted by Gasteiger charge is -2.31. The summed E-state index contributed by atoms with van der Waals surface area (Å²) in [6.45, 7) is 11.1. The van der Waals surface area contributed by atoms with Crippen LogP contribution in [0.2, 0.25) is 0 Å². The predicted molar refractivity (Wildman–Crippen MR) is 145 cm³/mol. The van der Waals surface area contributed by atoms with Crippen LogP contribution in [0.15, 0.2) is 71.6 Å². The van der Waals surface area contributed by atoms with Gasteiger partial charge in [0.2, 0.25) is 0 Å². The van der Waals surface area contributed by atoms with E-state index < -0.39 is 10.0 Å². The molecule has 0 radical (unpaired) electrons. The van der Waals surface area contributed by atoms with Gasteiger partial charge in [0.1, 0.15) is 0 Å². The van der Waals surface area contributed by atoms with Crippen molar-refractivity contribution in [3.63, 3.8) is 0 Å². The summed E-state index contributed by atoms with van der Waals surface area (Å²) in [4.78, 5) is 16.1. The second-order valence-electron chi connectivity index (χ2n) is 9.58. The number of hydrogen-bond acceptors (Lipinski definition) is 2. The second kappa shape index (κ2) is 12.5. The molecule has 178 valence electrons. The summed E-state index contributed by atoms with van der Waals surface area (Å²) in [5.74, 6) is 6.98. The largest absolute Gasteiger partial charge is 0.330 e. The van der Waals surface area contributed by atoms with Crippen LogP contribution in [0.3, 0.4) is 0 Å². The standard InChI is InChI=1S/C28H39N3OS/c1-7-31(20-13-9-12-19-28(2,3)4)22-24-15-14-16-25(21-24)30-27(32)29-23-33(5,6)26-17-10-8-11-18-26/h8-11,13-18,21H,7,20,22-23H2,1-6H3,(H2,29,30,32)/b13-9+. The maximum absolute atomic E-state index is 12.5. The first-order chi connectivity index (χ1) is 15.6. The number of urea groups is 1. The third kappa shape index (κ3) is 10.2. The van der Waals surface area contributed by atoms with Crippen molar-refractivity contribution < 1.29 is 4.79 Å². The van der Waals surface area contributed by atoms with Gasteiger partial charge >= 0.3 is 6.03 Å².